The standard InChI is InChI=1S/C12H15NOS/c1-9-4-6-15-12(9)11(13-2)7-10-3-5-14-8-10/h3-6,8,11,13H,7H2,1-2H3. The maximum atomic E-state index is 5.08. The predicted octanol–water partition coefficient (Wildman–Crippen LogP) is 3.15. The van der Waals surface area contributed by atoms with Gasteiger partial charge in [0.05, 0.1) is 12.5 Å². The van der Waals surface area contributed by atoms with Crippen molar-refractivity contribution in [2.75, 3.05) is 7.05 Å². The van der Waals surface area contributed by atoms with Crippen LogP contribution in [0.3, 0.4) is 0 Å². The number of hydrogen-bond acceptors (Lipinski definition) is 3. The van der Waals surface area contributed by atoms with Crippen LogP contribution in [0.25, 0.3) is 0 Å². The smallest absolute Gasteiger partial charge is 0.0935 e. The fraction of sp³-hybridized carbons (Fsp3) is 0.333. The summed E-state index contributed by atoms with van der Waals surface area (Å²) in [5.41, 5.74) is 2.60. The van der Waals surface area contributed by atoms with Crippen LogP contribution < -0.4 is 5.32 Å². The fourth-order valence-corrected chi connectivity index (χ4v) is 2.75. The van der Waals surface area contributed by atoms with E-state index in [9.17, 15) is 0 Å². The number of thiophene rings is 1. The molecule has 80 valence electrons. The van der Waals surface area contributed by atoms with Crippen molar-refractivity contribution < 1.29 is 4.42 Å². The summed E-state index contributed by atoms with van der Waals surface area (Å²) in [5.74, 6) is 0. The van der Waals surface area contributed by atoms with Crippen LogP contribution in [-0.2, 0) is 6.42 Å². The van der Waals surface area contributed by atoms with E-state index in [1.54, 1.807) is 6.26 Å². The van der Waals surface area contributed by atoms with Crippen molar-refractivity contribution in [2.45, 2.75) is 19.4 Å². The van der Waals surface area contributed by atoms with Gasteiger partial charge in [0, 0.05) is 10.9 Å². The lowest BCUT2D eigenvalue weighted by Crippen LogP contribution is -2.18. The minimum absolute atomic E-state index is 0.391. The van der Waals surface area contributed by atoms with E-state index in [0.29, 0.717) is 6.04 Å². The molecular weight excluding hydrogens is 206 g/mol. The Balaban J connectivity index is 2.15. The first-order valence-electron chi connectivity index (χ1n) is 5.03. The van der Waals surface area contributed by atoms with Crippen molar-refractivity contribution in [2.24, 2.45) is 0 Å². The quantitative estimate of drug-likeness (QED) is 0.858. The lowest BCUT2D eigenvalue weighted by molar-refractivity contribution is 0.553. The van der Waals surface area contributed by atoms with Gasteiger partial charge in [-0.15, -0.1) is 11.3 Å². The summed E-state index contributed by atoms with van der Waals surface area (Å²) in [6.45, 7) is 2.16. The lowest BCUT2D eigenvalue weighted by atomic mass is 10.1. The molecule has 2 heterocycles. The third-order valence-corrected chi connectivity index (χ3v) is 3.72. The highest BCUT2D eigenvalue weighted by atomic mass is 32.1. The first kappa shape index (κ1) is 10.5. The Bertz CT molecular complexity index is 405. The van der Waals surface area contributed by atoms with Crippen LogP contribution in [0.1, 0.15) is 22.0 Å². The first-order chi connectivity index (χ1) is 7.31. The average molecular weight is 221 g/mol. The van der Waals surface area contributed by atoms with Crippen LogP contribution in [0, 0.1) is 6.92 Å². The van der Waals surface area contributed by atoms with Crippen molar-refractivity contribution in [3.63, 3.8) is 0 Å². The fourth-order valence-electron chi connectivity index (χ4n) is 1.71. The molecule has 1 N–H and O–H groups in total. The van der Waals surface area contributed by atoms with Gasteiger partial charge in [0.15, 0.2) is 0 Å². The molecule has 0 aliphatic carbocycles. The molecule has 2 rings (SSSR count). The summed E-state index contributed by atoms with van der Waals surface area (Å²) in [5, 5.41) is 5.50. The molecule has 0 spiro atoms. The molecule has 2 aromatic rings. The summed E-state index contributed by atoms with van der Waals surface area (Å²) >= 11 is 1.81. The van der Waals surface area contributed by atoms with E-state index < -0.39 is 0 Å². The van der Waals surface area contributed by atoms with Crippen molar-refractivity contribution in [3.8, 4) is 0 Å². The zero-order chi connectivity index (χ0) is 10.7. The lowest BCUT2D eigenvalue weighted by Gasteiger charge is -2.14. The van der Waals surface area contributed by atoms with Crippen LogP contribution in [0.5, 0.6) is 0 Å². The van der Waals surface area contributed by atoms with E-state index in [1.165, 1.54) is 16.0 Å². The molecule has 3 heteroatoms. The highest BCUT2D eigenvalue weighted by Crippen LogP contribution is 2.26. The van der Waals surface area contributed by atoms with Crippen LogP contribution in [0.15, 0.2) is 34.5 Å². The van der Waals surface area contributed by atoms with Crippen molar-refractivity contribution >= 4 is 11.3 Å². The Morgan fingerprint density at radius 1 is 1.47 bits per heavy atom. The minimum Gasteiger partial charge on any atom is -0.472 e. The molecule has 2 aromatic heterocycles. The Hall–Kier alpha value is -1.06. The zero-order valence-corrected chi connectivity index (χ0v) is 9.80. The number of likely N-dealkylation sites (N-methyl/N-ethyl adjacent to an activating group) is 1. The van der Waals surface area contributed by atoms with E-state index >= 15 is 0 Å². The summed E-state index contributed by atoms with van der Waals surface area (Å²) in [6, 6.07) is 4.58. The van der Waals surface area contributed by atoms with E-state index in [4.69, 9.17) is 4.42 Å². The Morgan fingerprint density at radius 3 is 2.87 bits per heavy atom. The molecule has 0 radical (unpaired) electrons. The molecule has 0 bridgehead atoms. The van der Waals surface area contributed by atoms with E-state index in [2.05, 4.69) is 23.7 Å². The maximum Gasteiger partial charge on any atom is 0.0935 e. The molecule has 0 aliphatic heterocycles. The Morgan fingerprint density at radius 2 is 2.33 bits per heavy atom. The number of aryl methyl sites for hydroxylation is 1. The van der Waals surface area contributed by atoms with Crippen molar-refractivity contribution in [1.29, 1.82) is 0 Å². The molecule has 15 heavy (non-hydrogen) atoms. The van der Waals surface area contributed by atoms with Gasteiger partial charge < -0.3 is 9.73 Å². The summed E-state index contributed by atoms with van der Waals surface area (Å²) in [4.78, 5) is 1.42. The van der Waals surface area contributed by atoms with Gasteiger partial charge in [-0.3, -0.25) is 0 Å². The van der Waals surface area contributed by atoms with Crippen molar-refractivity contribution in [1.82, 2.24) is 5.32 Å². The van der Waals surface area contributed by atoms with Crippen LogP contribution in [-0.4, -0.2) is 7.05 Å². The third-order valence-electron chi connectivity index (χ3n) is 2.59. The average Bonchev–Trinajstić information content (AvgIpc) is 2.85. The van der Waals surface area contributed by atoms with Gasteiger partial charge in [0.2, 0.25) is 0 Å². The van der Waals surface area contributed by atoms with Gasteiger partial charge >= 0.3 is 0 Å². The van der Waals surface area contributed by atoms with E-state index in [0.717, 1.165) is 6.42 Å². The van der Waals surface area contributed by atoms with Crippen molar-refractivity contribution in [3.05, 3.63) is 46.0 Å². The zero-order valence-electron chi connectivity index (χ0n) is 8.99. The summed E-state index contributed by atoms with van der Waals surface area (Å²) in [7, 11) is 2.00. The first-order valence-corrected chi connectivity index (χ1v) is 5.91. The molecule has 0 amide bonds. The normalized spacial score (nSPS) is 12.9. The number of furan rings is 1. The van der Waals surface area contributed by atoms with Gasteiger partial charge in [0.25, 0.3) is 0 Å². The number of nitrogens with one attached hydrogen (secondary N) is 1. The second-order valence-corrected chi connectivity index (χ2v) is 4.59. The topological polar surface area (TPSA) is 25.2 Å². The highest BCUT2D eigenvalue weighted by Gasteiger charge is 2.14. The largest absolute Gasteiger partial charge is 0.472 e. The van der Waals surface area contributed by atoms with Gasteiger partial charge in [-0.05, 0) is 49.0 Å². The predicted molar refractivity (Wildman–Crippen MR) is 63.3 cm³/mol. The monoisotopic (exact) mass is 221 g/mol. The van der Waals surface area contributed by atoms with Gasteiger partial charge in [0.1, 0.15) is 0 Å². The highest BCUT2D eigenvalue weighted by molar-refractivity contribution is 7.10. The summed E-state index contributed by atoms with van der Waals surface area (Å²) < 4.78 is 5.08. The molecule has 2 nitrogen and oxygen atoms in total. The van der Waals surface area contributed by atoms with Crippen LogP contribution in [0.2, 0.25) is 0 Å². The maximum absolute atomic E-state index is 5.08. The number of hydrogen-bond donors (Lipinski definition) is 1. The molecule has 0 aromatic carbocycles. The second-order valence-electron chi connectivity index (χ2n) is 3.64. The van der Waals surface area contributed by atoms with E-state index in [-0.39, 0.29) is 0 Å². The van der Waals surface area contributed by atoms with E-state index in [1.807, 2.05) is 30.7 Å². The minimum atomic E-state index is 0.391. The Labute approximate surface area is 93.9 Å². The Kier molecular flexibility index (Phi) is 3.23. The molecular formula is C12H15NOS. The number of rotatable bonds is 4. The molecule has 0 fully saturated rings. The van der Waals surface area contributed by atoms with Crippen LogP contribution in [0.4, 0.5) is 0 Å². The molecule has 1 unspecified atom stereocenters. The third kappa shape index (κ3) is 2.30. The van der Waals surface area contributed by atoms with Crippen LogP contribution >= 0.6 is 11.3 Å². The molecule has 0 aliphatic rings. The molecule has 0 saturated carbocycles. The van der Waals surface area contributed by atoms with Gasteiger partial charge in [-0.2, -0.15) is 0 Å². The molecule has 1 atom stereocenters. The van der Waals surface area contributed by atoms with Gasteiger partial charge in [-0.1, -0.05) is 0 Å². The second kappa shape index (κ2) is 4.64. The van der Waals surface area contributed by atoms with Gasteiger partial charge in [-0.25, -0.2) is 0 Å². The SMILES string of the molecule is CNC(Cc1ccoc1)c1sccc1C. The molecule has 0 saturated heterocycles. The summed E-state index contributed by atoms with van der Waals surface area (Å²) in [6.07, 6.45) is 4.52.